The van der Waals surface area contributed by atoms with Crippen molar-refractivity contribution in [2.24, 2.45) is 0 Å². The quantitative estimate of drug-likeness (QED) is 0.692. The predicted molar refractivity (Wildman–Crippen MR) is 64.5 cm³/mol. The molecule has 17 heavy (non-hydrogen) atoms. The summed E-state index contributed by atoms with van der Waals surface area (Å²) in [6.45, 7) is 6.42. The zero-order chi connectivity index (χ0) is 12.7. The summed E-state index contributed by atoms with van der Waals surface area (Å²) in [6, 6.07) is -0.350. The standard InChI is InChI=1S/C12H22N2O3/c1-3-10-12(16)14(7-5-9-17-4-2)8-6-11(15)13-10/h10H,3-9H2,1-2H3,(H,13,15). The fraction of sp³-hybridized carbons (Fsp3) is 0.833. The van der Waals surface area contributed by atoms with Crippen molar-refractivity contribution < 1.29 is 14.3 Å². The van der Waals surface area contributed by atoms with Crippen LogP contribution in [0.2, 0.25) is 0 Å². The molecule has 0 saturated carbocycles. The summed E-state index contributed by atoms with van der Waals surface area (Å²) in [5, 5.41) is 2.75. The molecule has 1 aliphatic heterocycles. The van der Waals surface area contributed by atoms with Crippen LogP contribution >= 0.6 is 0 Å². The molecule has 1 fully saturated rings. The van der Waals surface area contributed by atoms with Gasteiger partial charge in [-0.25, -0.2) is 0 Å². The van der Waals surface area contributed by atoms with E-state index in [0.29, 0.717) is 39.1 Å². The zero-order valence-electron chi connectivity index (χ0n) is 10.7. The van der Waals surface area contributed by atoms with E-state index in [1.807, 2.05) is 13.8 Å². The van der Waals surface area contributed by atoms with Gasteiger partial charge >= 0.3 is 0 Å². The van der Waals surface area contributed by atoms with Gasteiger partial charge in [-0.3, -0.25) is 9.59 Å². The topological polar surface area (TPSA) is 58.6 Å². The van der Waals surface area contributed by atoms with Crippen LogP contribution in [0.25, 0.3) is 0 Å². The van der Waals surface area contributed by atoms with Crippen molar-refractivity contribution >= 4 is 11.8 Å². The Bertz CT molecular complexity index is 268. The average Bonchev–Trinajstić information content (AvgIpc) is 2.46. The molecule has 0 aromatic carbocycles. The molecule has 1 heterocycles. The molecule has 5 heteroatoms. The Labute approximate surface area is 102 Å². The first-order valence-corrected chi connectivity index (χ1v) is 6.35. The molecule has 0 spiro atoms. The molecule has 98 valence electrons. The van der Waals surface area contributed by atoms with Crippen LogP contribution in [0.3, 0.4) is 0 Å². The Balaban J connectivity index is 2.46. The van der Waals surface area contributed by atoms with Crippen LogP contribution in [0, 0.1) is 0 Å². The lowest BCUT2D eigenvalue weighted by atomic mass is 10.2. The van der Waals surface area contributed by atoms with Gasteiger partial charge in [-0.1, -0.05) is 6.92 Å². The first-order valence-electron chi connectivity index (χ1n) is 6.35. The number of rotatable bonds is 6. The molecular formula is C12H22N2O3. The van der Waals surface area contributed by atoms with E-state index in [1.165, 1.54) is 0 Å². The molecule has 0 aromatic rings. The van der Waals surface area contributed by atoms with Crippen LogP contribution in [-0.2, 0) is 14.3 Å². The van der Waals surface area contributed by atoms with Crippen molar-refractivity contribution in [3.05, 3.63) is 0 Å². The molecule has 2 amide bonds. The Kier molecular flexibility index (Phi) is 5.97. The lowest BCUT2D eigenvalue weighted by molar-refractivity contribution is -0.133. The van der Waals surface area contributed by atoms with Gasteiger partial charge < -0.3 is 15.0 Å². The number of nitrogens with one attached hydrogen (secondary N) is 1. The molecule has 1 saturated heterocycles. The molecular weight excluding hydrogens is 220 g/mol. The molecule has 1 atom stereocenters. The Morgan fingerprint density at radius 1 is 1.41 bits per heavy atom. The van der Waals surface area contributed by atoms with Crippen molar-refractivity contribution in [3.63, 3.8) is 0 Å². The van der Waals surface area contributed by atoms with E-state index < -0.39 is 0 Å². The molecule has 0 radical (unpaired) electrons. The van der Waals surface area contributed by atoms with E-state index in [9.17, 15) is 9.59 Å². The van der Waals surface area contributed by atoms with Gasteiger partial charge in [0.15, 0.2) is 0 Å². The summed E-state index contributed by atoms with van der Waals surface area (Å²) < 4.78 is 5.24. The number of hydrogen-bond donors (Lipinski definition) is 1. The molecule has 1 rings (SSSR count). The van der Waals surface area contributed by atoms with Crippen LogP contribution in [0.5, 0.6) is 0 Å². The minimum atomic E-state index is -0.350. The molecule has 1 N–H and O–H groups in total. The maximum absolute atomic E-state index is 12.1. The summed E-state index contributed by atoms with van der Waals surface area (Å²) in [6.07, 6.45) is 1.87. The van der Waals surface area contributed by atoms with Crippen LogP contribution in [0.4, 0.5) is 0 Å². The normalized spacial score (nSPS) is 21.3. The number of ether oxygens (including phenoxy) is 1. The van der Waals surface area contributed by atoms with Crippen LogP contribution in [0.15, 0.2) is 0 Å². The average molecular weight is 242 g/mol. The lowest BCUT2D eigenvalue weighted by Gasteiger charge is -2.23. The molecule has 0 bridgehead atoms. The smallest absolute Gasteiger partial charge is 0.245 e. The van der Waals surface area contributed by atoms with Gasteiger partial charge in [0.2, 0.25) is 11.8 Å². The molecule has 5 nitrogen and oxygen atoms in total. The minimum absolute atomic E-state index is 0.0301. The summed E-state index contributed by atoms with van der Waals surface area (Å²) in [5.74, 6) is 0.00681. The van der Waals surface area contributed by atoms with E-state index in [-0.39, 0.29) is 17.9 Å². The lowest BCUT2D eigenvalue weighted by Crippen LogP contribution is -2.44. The van der Waals surface area contributed by atoms with E-state index >= 15 is 0 Å². The fourth-order valence-electron chi connectivity index (χ4n) is 1.90. The van der Waals surface area contributed by atoms with Gasteiger partial charge in [0.25, 0.3) is 0 Å². The highest BCUT2D eigenvalue weighted by Crippen LogP contribution is 2.07. The number of amides is 2. The summed E-state index contributed by atoms with van der Waals surface area (Å²) in [4.78, 5) is 25.2. The van der Waals surface area contributed by atoms with Crippen LogP contribution in [-0.4, -0.2) is 49.1 Å². The van der Waals surface area contributed by atoms with Gasteiger partial charge in [0.1, 0.15) is 6.04 Å². The summed E-state index contributed by atoms with van der Waals surface area (Å²) in [5.41, 5.74) is 0. The molecule has 1 aliphatic rings. The minimum Gasteiger partial charge on any atom is -0.382 e. The van der Waals surface area contributed by atoms with Crippen molar-refractivity contribution in [2.45, 2.75) is 39.2 Å². The number of hydrogen-bond acceptors (Lipinski definition) is 3. The highest BCUT2D eigenvalue weighted by molar-refractivity contribution is 5.89. The fourth-order valence-corrected chi connectivity index (χ4v) is 1.90. The zero-order valence-corrected chi connectivity index (χ0v) is 10.7. The second-order valence-corrected chi connectivity index (χ2v) is 4.15. The van der Waals surface area contributed by atoms with Gasteiger partial charge in [0.05, 0.1) is 0 Å². The Morgan fingerprint density at radius 3 is 2.82 bits per heavy atom. The second kappa shape index (κ2) is 7.27. The summed E-state index contributed by atoms with van der Waals surface area (Å²) >= 11 is 0. The third-order valence-corrected chi connectivity index (χ3v) is 2.88. The van der Waals surface area contributed by atoms with Crippen molar-refractivity contribution in [1.29, 1.82) is 0 Å². The van der Waals surface area contributed by atoms with Crippen molar-refractivity contribution in [1.82, 2.24) is 10.2 Å². The van der Waals surface area contributed by atoms with Gasteiger partial charge in [-0.2, -0.15) is 0 Å². The molecule has 0 aliphatic carbocycles. The molecule has 1 unspecified atom stereocenters. The predicted octanol–water partition coefficient (Wildman–Crippen LogP) is 0.540. The van der Waals surface area contributed by atoms with Crippen LogP contribution < -0.4 is 5.32 Å². The second-order valence-electron chi connectivity index (χ2n) is 4.15. The Hall–Kier alpha value is -1.10. The van der Waals surface area contributed by atoms with Crippen molar-refractivity contribution in [3.8, 4) is 0 Å². The largest absolute Gasteiger partial charge is 0.382 e. The monoisotopic (exact) mass is 242 g/mol. The third kappa shape index (κ3) is 4.34. The Morgan fingerprint density at radius 2 is 2.18 bits per heavy atom. The first kappa shape index (κ1) is 14.0. The van der Waals surface area contributed by atoms with E-state index in [0.717, 1.165) is 6.42 Å². The highest BCUT2D eigenvalue weighted by Gasteiger charge is 2.27. The maximum atomic E-state index is 12.1. The van der Waals surface area contributed by atoms with E-state index in [1.54, 1.807) is 4.90 Å². The van der Waals surface area contributed by atoms with E-state index in [2.05, 4.69) is 5.32 Å². The number of carbonyl (C=O) groups excluding carboxylic acids is 2. The van der Waals surface area contributed by atoms with Crippen molar-refractivity contribution in [2.75, 3.05) is 26.3 Å². The highest BCUT2D eigenvalue weighted by atomic mass is 16.5. The van der Waals surface area contributed by atoms with Gasteiger partial charge in [0, 0.05) is 32.7 Å². The van der Waals surface area contributed by atoms with Gasteiger partial charge in [-0.15, -0.1) is 0 Å². The molecule has 0 aromatic heterocycles. The number of nitrogens with zero attached hydrogens (tertiary/aromatic N) is 1. The SMILES string of the molecule is CCOCCCN1CCC(=O)NC(CC)C1=O. The summed E-state index contributed by atoms with van der Waals surface area (Å²) in [7, 11) is 0. The van der Waals surface area contributed by atoms with E-state index in [4.69, 9.17) is 4.74 Å². The number of carbonyl (C=O) groups is 2. The third-order valence-electron chi connectivity index (χ3n) is 2.88. The maximum Gasteiger partial charge on any atom is 0.245 e. The van der Waals surface area contributed by atoms with Crippen LogP contribution in [0.1, 0.15) is 33.1 Å². The van der Waals surface area contributed by atoms with Gasteiger partial charge in [-0.05, 0) is 19.8 Å². The first-order chi connectivity index (χ1) is 8.19.